The molecule has 0 aliphatic rings. The third kappa shape index (κ3) is 2.16. The number of aromatic nitrogens is 3. The topological polar surface area (TPSA) is 30.7 Å². The highest BCUT2D eigenvalue weighted by atomic mass is 79.9. The van der Waals surface area contributed by atoms with Crippen LogP contribution in [0.1, 0.15) is 39.4 Å². The maximum atomic E-state index is 6.04. The highest BCUT2D eigenvalue weighted by Crippen LogP contribution is 2.31. The Labute approximate surface area is 121 Å². The van der Waals surface area contributed by atoms with Crippen LogP contribution >= 0.6 is 27.5 Å². The van der Waals surface area contributed by atoms with Gasteiger partial charge in [0, 0.05) is 16.2 Å². The monoisotopic (exact) mass is 329 g/mol. The first-order valence-electron chi connectivity index (χ1n) is 6.15. The first kappa shape index (κ1) is 13.8. The summed E-state index contributed by atoms with van der Waals surface area (Å²) in [5, 5.41) is 0. The Morgan fingerprint density at radius 1 is 1.39 bits per heavy atom. The van der Waals surface area contributed by atoms with Gasteiger partial charge in [0.05, 0.1) is 5.88 Å². The van der Waals surface area contributed by atoms with E-state index < -0.39 is 0 Å². The van der Waals surface area contributed by atoms with Crippen LogP contribution in [0.4, 0.5) is 0 Å². The lowest BCUT2D eigenvalue weighted by Crippen LogP contribution is -2.30. The van der Waals surface area contributed by atoms with Crippen LogP contribution in [0.3, 0.4) is 0 Å². The van der Waals surface area contributed by atoms with Crippen LogP contribution in [-0.2, 0) is 11.4 Å². The van der Waals surface area contributed by atoms with E-state index in [0.717, 1.165) is 34.3 Å². The second-order valence-corrected chi connectivity index (χ2v) is 5.88. The molecule has 0 spiro atoms. The standard InChI is InChI=1S/C13H17BrClN3/c1-4-13(3,5-2)18-11(7-15)17-10-6-9(14)8-16-12(10)18/h6,8H,4-5,7H2,1-3H3. The molecule has 0 amide bonds. The Balaban J connectivity index is 2.75. The molecule has 5 heteroatoms. The third-order valence-electron chi connectivity index (χ3n) is 3.72. The molecule has 18 heavy (non-hydrogen) atoms. The van der Waals surface area contributed by atoms with Gasteiger partial charge in [-0.1, -0.05) is 13.8 Å². The van der Waals surface area contributed by atoms with Crippen molar-refractivity contribution in [1.82, 2.24) is 14.5 Å². The quantitative estimate of drug-likeness (QED) is 0.774. The van der Waals surface area contributed by atoms with Crippen molar-refractivity contribution in [3.05, 3.63) is 22.6 Å². The smallest absolute Gasteiger partial charge is 0.160 e. The molecule has 0 radical (unpaired) electrons. The Morgan fingerprint density at radius 2 is 2.06 bits per heavy atom. The number of nitrogens with zero attached hydrogens (tertiary/aromatic N) is 3. The summed E-state index contributed by atoms with van der Waals surface area (Å²) in [5.41, 5.74) is 1.83. The van der Waals surface area contributed by atoms with Crippen molar-refractivity contribution < 1.29 is 0 Å². The molecule has 2 heterocycles. The molecule has 0 atom stereocenters. The summed E-state index contributed by atoms with van der Waals surface area (Å²) >= 11 is 9.47. The molecule has 2 aromatic heterocycles. The maximum Gasteiger partial charge on any atom is 0.160 e. The van der Waals surface area contributed by atoms with Crippen LogP contribution in [0.25, 0.3) is 11.2 Å². The molecule has 2 rings (SSSR count). The predicted octanol–water partition coefficient (Wildman–Crippen LogP) is 4.47. The summed E-state index contributed by atoms with van der Waals surface area (Å²) in [5.74, 6) is 1.30. The third-order valence-corrected chi connectivity index (χ3v) is 4.39. The zero-order chi connectivity index (χ0) is 13.3. The molecule has 98 valence electrons. The van der Waals surface area contributed by atoms with Gasteiger partial charge in [-0.05, 0) is 41.8 Å². The second kappa shape index (κ2) is 5.17. The van der Waals surface area contributed by atoms with Crippen molar-refractivity contribution in [2.45, 2.75) is 45.0 Å². The lowest BCUT2D eigenvalue weighted by atomic mass is 9.95. The van der Waals surface area contributed by atoms with Crippen LogP contribution in [0.2, 0.25) is 0 Å². The predicted molar refractivity (Wildman–Crippen MR) is 79.0 cm³/mol. The van der Waals surface area contributed by atoms with Crippen molar-refractivity contribution in [2.24, 2.45) is 0 Å². The van der Waals surface area contributed by atoms with Gasteiger partial charge < -0.3 is 4.57 Å². The first-order chi connectivity index (χ1) is 8.55. The second-order valence-electron chi connectivity index (χ2n) is 4.70. The van der Waals surface area contributed by atoms with Gasteiger partial charge in [0.2, 0.25) is 0 Å². The van der Waals surface area contributed by atoms with E-state index in [-0.39, 0.29) is 5.54 Å². The molecule has 0 aliphatic heterocycles. The fourth-order valence-electron chi connectivity index (χ4n) is 2.21. The average molecular weight is 331 g/mol. The molecule has 3 nitrogen and oxygen atoms in total. The molecular formula is C13H17BrClN3. The van der Waals surface area contributed by atoms with Gasteiger partial charge in [0.15, 0.2) is 5.65 Å². The number of hydrogen-bond acceptors (Lipinski definition) is 2. The Bertz CT molecular complexity index is 561. The number of fused-ring (bicyclic) bond motifs is 1. The minimum Gasteiger partial charge on any atom is -0.306 e. The van der Waals surface area contributed by atoms with Gasteiger partial charge in [-0.2, -0.15) is 0 Å². The summed E-state index contributed by atoms with van der Waals surface area (Å²) in [6, 6.07) is 1.99. The fourth-order valence-corrected chi connectivity index (χ4v) is 2.71. The van der Waals surface area contributed by atoms with Crippen LogP contribution in [0, 0.1) is 0 Å². The molecule has 0 saturated carbocycles. The number of rotatable bonds is 4. The van der Waals surface area contributed by atoms with Crippen molar-refractivity contribution >= 4 is 38.7 Å². The lowest BCUT2D eigenvalue weighted by Gasteiger charge is -2.30. The molecule has 0 unspecified atom stereocenters. The van der Waals surface area contributed by atoms with Crippen LogP contribution in [0.5, 0.6) is 0 Å². The summed E-state index contributed by atoms with van der Waals surface area (Å²) in [4.78, 5) is 9.10. The van der Waals surface area contributed by atoms with Crippen LogP contribution < -0.4 is 0 Å². The number of pyridine rings is 1. The van der Waals surface area contributed by atoms with E-state index >= 15 is 0 Å². The van der Waals surface area contributed by atoms with E-state index in [2.05, 4.69) is 51.2 Å². The number of hydrogen-bond donors (Lipinski definition) is 0. The largest absolute Gasteiger partial charge is 0.306 e. The van der Waals surface area contributed by atoms with Gasteiger partial charge in [-0.25, -0.2) is 9.97 Å². The van der Waals surface area contributed by atoms with Crippen molar-refractivity contribution in [3.8, 4) is 0 Å². The van der Waals surface area contributed by atoms with E-state index in [0.29, 0.717) is 5.88 Å². The minimum absolute atomic E-state index is 0.0137. The number of alkyl halides is 1. The minimum atomic E-state index is 0.0137. The summed E-state index contributed by atoms with van der Waals surface area (Å²) in [6.45, 7) is 6.60. The van der Waals surface area contributed by atoms with E-state index in [4.69, 9.17) is 11.6 Å². The summed E-state index contributed by atoms with van der Waals surface area (Å²) < 4.78 is 3.14. The molecule has 0 N–H and O–H groups in total. The van der Waals surface area contributed by atoms with Crippen molar-refractivity contribution in [1.29, 1.82) is 0 Å². The summed E-state index contributed by atoms with van der Waals surface area (Å²) in [6.07, 6.45) is 3.86. The highest BCUT2D eigenvalue weighted by molar-refractivity contribution is 9.10. The highest BCUT2D eigenvalue weighted by Gasteiger charge is 2.27. The van der Waals surface area contributed by atoms with Gasteiger partial charge in [-0.3, -0.25) is 0 Å². The van der Waals surface area contributed by atoms with E-state index in [1.807, 2.05) is 12.3 Å². The molecule has 0 fully saturated rings. The van der Waals surface area contributed by atoms with Crippen LogP contribution in [0.15, 0.2) is 16.7 Å². The van der Waals surface area contributed by atoms with Gasteiger partial charge in [-0.15, -0.1) is 11.6 Å². The Kier molecular flexibility index (Phi) is 3.97. The van der Waals surface area contributed by atoms with Crippen molar-refractivity contribution in [3.63, 3.8) is 0 Å². The normalized spacial score (nSPS) is 12.3. The summed E-state index contributed by atoms with van der Waals surface area (Å²) in [7, 11) is 0. The SMILES string of the molecule is CCC(C)(CC)n1c(CCl)nc2cc(Br)cnc21. The fraction of sp³-hybridized carbons (Fsp3) is 0.538. The molecule has 0 bridgehead atoms. The van der Waals surface area contributed by atoms with E-state index in [9.17, 15) is 0 Å². The zero-order valence-corrected chi connectivity index (χ0v) is 13.2. The number of halogens is 2. The number of imidazole rings is 1. The first-order valence-corrected chi connectivity index (χ1v) is 7.47. The average Bonchev–Trinajstić information content (AvgIpc) is 2.75. The molecular weight excluding hydrogens is 314 g/mol. The molecule has 0 aromatic carbocycles. The molecule has 0 aliphatic carbocycles. The van der Waals surface area contributed by atoms with Gasteiger partial charge >= 0.3 is 0 Å². The van der Waals surface area contributed by atoms with E-state index in [1.165, 1.54) is 0 Å². The molecule has 2 aromatic rings. The zero-order valence-electron chi connectivity index (χ0n) is 10.9. The Hall–Kier alpha value is -0.610. The lowest BCUT2D eigenvalue weighted by molar-refractivity contribution is 0.294. The maximum absolute atomic E-state index is 6.04. The Morgan fingerprint density at radius 3 is 2.61 bits per heavy atom. The van der Waals surface area contributed by atoms with Gasteiger partial charge in [0.1, 0.15) is 11.3 Å². The van der Waals surface area contributed by atoms with Crippen molar-refractivity contribution in [2.75, 3.05) is 0 Å². The van der Waals surface area contributed by atoms with Gasteiger partial charge in [0.25, 0.3) is 0 Å². The molecule has 0 saturated heterocycles. The van der Waals surface area contributed by atoms with E-state index in [1.54, 1.807) is 0 Å². The van der Waals surface area contributed by atoms with Crippen LogP contribution in [-0.4, -0.2) is 14.5 Å².